The van der Waals surface area contributed by atoms with E-state index >= 15 is 0 Å². The normalized spacial score (nSPS) is 12.4. The predicted octanol–water partition coefficient (Wildman–Crippen LogP) is 2.17. The van der Waals surface area contributed by atoms with Gasteiger partial charge in [0.05, 0.1) is 6.10 Å². The van der Waals surface area contributed by atoms with Gasteiger partial charge in [0.2, 0.25) is 0 Å². The zero-order chi connectivity index (χ0) is 18.4. The van der Waals surface area contributed by atoms with Gasteiger partial charge in [-0.2, -0.15) is 0 Å². The molecule has 2 rings (SSSR count). The van der Waals surface area contributed by atoms with Crippen molar-refractivity contribution in [3.63, 3.8) is 0 Å². The Bertz CT molecular complexity index is 781. The average Bonchev–Trinajstić information content (AvgIpc) is 2.57. The number of aromatic hydroxyl groups is 4. The number of ketones is 1. The Kier molecular flexibility index (Phi) is 6.03. The van der Waals surface area contributed by atoms with Crippen LogP contribution in [-0.2, 0) is 17.6 Å². The summed E-state index contributed by atoms with van der Waals surface area (Å²) in [5.74, 6) is -1.11. The Morgan fingerprint density at radius 2 is 1.44 bits per heavy atom. The van der Waals surface area contributed by atoms with Gasteiger partial charge in [-0.15, -0.1) is 0 Å². The molecule has 25 heavy (non-hydrogen) atoms. The summed E-state index contributed by atoms with van der Waals surface area (Å²) in [4.78, 5) is 11.8. The highest BCUT2D eigenvalue weighted by atomic mass is 16.3. The van der Waals surface area contributed by atoms with Gasteiger partial charge in [0, 0.05) is 12.8 Å². The first-order valence-electron chi connectivity index (χ1n) is 7.76. The number of aliphatic hydroxyl groups excluding tert-OH is 1. The van der Waals surface area contributed by atoms with E-state index in [1.165, 1.54) is 36.4 Å². The summed E-state index contributed by atoms with van der Waals surface area (Å²) in [6, 6.07) is 8.65. The summed E-state index contributed by atoms with van der Waals surface area (Å²) < 4.78 is 0. The van der Waals surface area contributed by atoms with Crippen molar-refractivity contribution in [1.82, 2.24) is 0 Å². The molecule has 0 aliphatic carbocycles. The molecule has 0 fully saturated rings. The SMILES string of the molecule is O=C(C=C[C@H](O)Cc1ccc(O)c(O)c1)CCc1ccc(O)c(O)c1. The molecule has 2 aromatic rings. The molecule has 5 N–H and O–H groups in total. The van der Waals surface area contributed by atoms with E-state index in [0.29, 0.717) is 12.0 Å². The van der Waals surface area contributed by atoms with E-state index in [4.69, 9.17) is 0 Å². The average molecular weight is 344 g/mol. The van der Waals surface area contributed by atoms with Crippen LogP contribution in [0.2, 0.25) is 0 Å². The van der Waals surface area contributed by atoms with Crippen molar-refractivity contribution in [2.45, 2.75) is 25.4 Å². The van der Waals surface area contributed by atoms with Gasteiger partial charge >= 0.3 is 0 Å². The highest BCUT2D eigenvalue weighted by Crippen LogP contribution is 2.26. The van der Waals surface area contributed by atoms with Crippen LogP contribution in [0, 0.1) is 0 Å². The molecule has 0 saturated heterocycles. The van der Waals surface area contributed by atoms with Crippen LogP contribution in [0.4, 0.5) is 0 Å². The van der Waals surface area contributed by atoms with Gasteiger partial charge in [0.15, 0.2) is 28.8 Å². The molecular formula is C19H20O6. The molecule has 0 spiro atoms. The minimum atomic E-state index is -0.898. The Morgan fingerprint density at radius 3 is 2.04 bits per heavy atom. The summed E-state index contributed by atoms with van der Waals surface area (Å²) in [6.45, 7) is 0. The molecule has 6 nitrogen and oxygen atoms in total. The Labute approximate surface area is 144 Å². The minimum absolute atomic E-state index is 0.180. The van der Waals surface area contributed by atoms with Crippen molar-refractivity contribution >= 4 is 5.78 Å². The topological polar surface area (TPSA) is 118 Å². The second kappa shape index (κ2) is 8.21. The van der Waals surface area contributed by atoms with Gasteiger partial charge in [-0.1, -0.05) is 18.2 Å². The van der Waals surface area contributed by atoms with E-state index in [9.17, 15) is 30.3 Å². The number of phenolic OH excluding ortho intramolecular Hbond substituents is 4. The highest BCUT2D eigenvalue weighted by Gasteiger charge is 2.07. The van der Waals surface area contributed by atoms with E-state index in [-0.39, 0.29) is 41.6 Å². The molecule has 2 aromatic carbocycles. The molecular weight excluding hydrogens is 324 g/mol. The molecule has 6 heteroatoms. The quantitative estimate of drug-likeness (QED) is 0.388. The molecule has 0 aliphatic rings. The van der Waals surface area contributed by atoms with Gasteiger partial charge in [-0.25, -0.2) is 0 Å². The van der Waals surface area contributed by atoms with E-state index in [0.717, 1.165) is 5.56 Å². The molecule has 0 unspecified atom stereocenters. The van der Waals surface area contributed by atoms with E-state index in [1.54, 1.807) is 12.1 Å². The fraction of sp³-hybridized carbons (Fsp3) is 0.211. The summed E-state index contributed by atoms with van der Waals surface area (Å²) in [7, 11) is 0. The van der Waals surface area contributed by atoms with Crippen LogP contribution in [0.15, 0.2) is 48.6 Å². The van der Waals surface area contributed by atoms with Crippen molar-refractivity contribution in [2.24, 2.45) is 0 Å². The van der Waals surface area contributed by atoms with Crippen LogP contribution >= 0.6 is 0 Å². The van der Waals surface area contributed by atoms with Crippen molar-refractivity contribution in [3.05, 3.63) is 59.7 Å². The molecule has 0 radical (unpaired) electrons. The zero-order valence-corrected chi connectivity index (χ0v) is 13.5. The van der Waals surface area contributed by atoms with Crippen LogP contribution in [0.1, 0.15) is 17.5 Å². The first-order valence-corrected chi connectivity index (χ1v) is 7.76. The largest absolute Gasteiger partial charge is 0.504 e. The third-order valence-electron chi connectivity index (χ3n) is 3.69. The summed E-state index contributed by atoms with van der Waals surface area (Å²) in [6.07, 6.45) is 2.58. The first-order chi connectivity index (χ1) is 11.8. The predicted molar refractivity (Wildman–Crippen MR) is 91.7 cm³/mol. The number of rotatable bonds is 7. The van der Waals surface area contributed by atoms with Crippen molar-refractivity contribution in [3.8, 4) is 23.0 Å². The number of aliphatic hydroxyl groups is 1. The summed E-state index contributed by atoms with van der Waals surface area (Å²) in [5, 5.41) is 47.2. The molecule has 0 amide bonds. The van der Waals surface area contributed by atoms with Gasteiger partial charge in [-0.05, 0) is 47.9 Å². The summed E-state index contributed by atoms with van der Waals surface area (Å²) in [5.41, 5.74) is 1.34. The smallest absolute Gasteiger partial charge is 0.157 e. The van der Waals surface area contributed by atoms with Gasteiger partial charge in [0.1, 0.15) is 0 Å². The Morgan fingerprint density at radius 1 is 0.880 bits per heavy atom. The van der Waals surface area contributed by atoms with Gasteiger partial charge in [0.25, 0.3) is 0 Å². The van der Waals surface area contributed by atoms with E-state index in [2.05, 4.69) is 0 Å². The molecule has 132 valence electrons. The maximum Gasteiger partial charge on any atom is 0.157 e. The van der Waals surface area contributed by atoms with E-state index in [1.807, 2.05) is 0 Å². The number of allylic oxidation sites excluding steroid dienone is 1. The van der Waals surface area contributed by atoms with Gasteiger partial charge in [-0.3, -0.25) is 4.79 Å². The standard InChI is InChI=1S/C19H20O6/c20-14(4-1-12-2-7-16(22)18(24)10-12)5-6-15(21)9-13-3-8-17(23)19(25)11-13/h2-3,5-8,10-11,15,21-25H,1,4,9H2/t15-/m0/s1. The second-order valence-electron chi connectivity index (χ2n) is 5.74. The fourth-order valence-corrected chi connectivity index (χ4v) is 2.30. The maximum atomic E-state index is 11.8. The van der Waals surface area contributed by atoms with Crippen LogP contribution in [0.3, 0.4) is 0 Å². The Hall–Kier alpha value is -2.99. The zero-order valence-electron chi connectivity index (χ0n) is 13.5. The lowest BCUT2D eigenvalue weighted by atomic mass is 10.0. The van der Waals surface area contributed by atoms with Crippen LogP contribution < -0.4 is 0 Å². The first kappa shape index (κ1) is 18.4. The van der Waals surface area contributed by atoms with E-state index < -0.39 is 6.10 Å². The maximum absolute atomic E-state index is 11.8. The molecule has 0 aliphatic heterocycles. The number of aryl methyl sites for hydroxylation is 1. The van der Waals surface area contributed by atoms with Crippen molar-refractivity contribution in [1.29, 1.82) is 0 Å². The molecule has 0 bridgehead atoms. The van der Waals surface area contributed by atoms with Gasteiger partial charge < -0.3 is 25.5 Å². The number of hydrogen-bond donors (Lipinski definition) is 5. The lowest BCUT2D eigenvalue weighted by Crippen LogP contribution is -2.08. The third kappa shape index (κ3) is 5.54. The molecule has 0 saturated carbocycles. The number of hydrogen-bond acceptors (Lipinski definition) is 6. The number of phenols is 4. The Balaban J connectivity index is 1.84. The third-order valence-corrected chi connectivity index (χ3v) is 3.69. The van der Waals surface area contributed by atoms with Crippen LogP contribution in [0.25, 0.3) is 0 Å². The molecule has 0 aromatic heterocycles. The minimum Gasteiger partial charge on any atom is -0.504 e. The van der Waals surface area contributed by atoms with Crippen LogP contribution in [-0.4, -0.2) is 37.4 Å². The monoisotopic (exact) mass is 344 g/mol. The molecule has 0 heterocycles. The lowest BCUT2D eigenvalue weighted by molar-refractivity contribution is -0.114. The van der Waals surface area contributed by atoms with Crippen molar-refractivity contribution < 1.29 is 30.3 Å². The second-order valence-corrected chi connectivity index (χ2v) is 5.74. The number of carbonyl (C=O) groups excluding carboxylic acids is 1. The van der Waals surface area contributed by atoms with Crippen molar-refractivity contribution in [2.75, 3.05) is 0 Å². The summed E-state index contributed by atoms with van der Waals surface area (Å²) >= 11 is 0. The molecule has 1 atom stereocenters. The van der Waals surface area contributed by atoms with Crippen LogP contribution in [0.5, 0.6) is 23.0 Å². The number of benzene rings is 2. The fourth-order valence-electron chi connectivity index (χ4n) is 2.30. The lowest BCUT2D eigenvalue weighted by Gasteiger charge is -2.07. The number of carbonyl (C=O) groups is 1. The highest BCUT2D eigenvalue weighted by molar-refractivity contribution is 5.89.